The van der Waals surface area contributed by atoms with E-state index in [0.29, 0.717) is 24.1 Å². The lowest BCUT2D eigenvalue weighted by atomic mass is 10.1. The topological polar surface area (TPSA) is 63.2 Å². The molecule has 0 heterocycles. The zero-order valence-electron chi connectivity index (χ0n) is 10.6. The molecule has 4 nitrogen and oxygen atoms in total. The predicted octanol–water partition coefficient (Wildman–Crippen LogP) is 2.83. The summed E-state index contributed by atoms with van der Waals surface area (Å²) in [5, 5.41) is 2.78. The molecule has 0 aliphatic carbocycles. The summed E-state index contributed by atoms with van der Waals surface area (Å²) in [5.74, 6) is -0.103. The van der Waals surface area contributed by atoms with Crippen LogP contribution in [0.5, 0.6) is 0 Å². The highest BCUT2D eigenvalue weighted by Crippen LogP contribution is 2.27. The molecule has 0 aliphatic rings. The highest BCUT2D eigenvalue weighted by molar-refractivity contribution is 8.13. The molecule has 1 aromatic rings. The average molecular weight is 290 g/mol. The van der Waals surface area contributed by atoms with Gasteiger partial charge in [-0.25, -0.2) is 8.42 Å². The largest absolute Gasteiger partial charge is 0.326 e. The van der Waals surface area contributed by atoms with Gasteiger partial charge in [-0.3, -0.25) is 4.79 Å². The van der Waals surface area contributed by atoms with Crippen LogP contribution >= 0.6 is 10.7 Å². The van der Waals surface area contributed by atoms with Crippen LogP contribution in [-0.2, 0) is 20.3 Å². The van der Waals surface area contributed by atoms with E-state index >= 15 is 0 Å². The lowest BCUT2D eigenvalue weighted by molar-refractivity contribution is -0.115. The van der Waals surface area contributed by atoms with Crippen LogP contribution in [0.2, 0.25) is 0 Å². The SMILES string of the molecule is CCC(=O)Nc1c(C)cc(S(=O)(=O)Cl)cc1CC. The number of hydrogen-bond acceptors (Lipinski definition) is 3. The molecule has 0 unspecified atom stereocenters. The van der Waals surface area contributed by atoms with Gasteiger partial charge < -0.3 is 5.32 Å². The third-order valence-corrected chi connectivity index (χ3v) is 3.97. The minimum atomic E-state index is -3.75. The van der Waals surface area contributed by atoms with Gasteiger partial charge in [0.15, 0.2) is 0 Å². The first-order chi connectivity index (χ1) is 8.29. The van der Waals surface area contributed by atoms with Crippen molar-refractivity contribution in [1.82, 2.24) is 0 Å². The fourth-order valence-corrected chi connectivity index (χ4v) is 2.52. The Morgan fingerprint density at radius 3 is 2.39 bits per heavy atom. The minimum absolute atomic E-state index is 0.0630. The van der Waals surface area contributed by atoms with Crippen molar-refractivity contribution in [2.75, 3.05) is 5.32 Å². The Hall–Kier alpha value is -1.07. The molecule has 0 saturated carbocycles. The van der Waals surface area contributed by atoms with Gasteiger partial charge in [-0.1, -0.05) is 13.8 Å². The molecule has 0 saturated heterocycles. The monoisotopic (exact) mass is 289 g/mol. The molecule has 0 aromatic heterocycles. The highest BCUT2D eigenvalue weighted by Gasteiger charge is 2.16. The van der Waals surface area contributed by atoms with Gasteiger partial charge in [0.1, 0.15) is 0 Å². The summed E-state index contributed by atoms with van der Waals surface area (Å²) in [6, 6.07) is 2.97. The van der Waals surface area contributed by atoms with Crippen LogP contribution in [0.15, 0.2) is 17.0 Å². The lowest BCUT2D eigenvalue weighted by Crippen LogP contribution is -2.13. The molecule has 6 heteroatoms. The first kappa shape index (κ1) is 15.0. The first-order valence-corrected chi connectivity index (χ1v) is 7.98. The summed E-state index contributed by atoms with van der Waals surface area (Å²) in [6.45, 7) is 5.39. The lowest BCUT2D eigenvalue weighted by Gasteiger charge is -2.14. The fraction of sp³-hybridized carbons (Fsp3) is 0.417. The van der Waals surface area contributed by atoms with Crippen LogP contribution in [0.4, 0.5) is 5.69 Å². The Labute approximate surface area is 112 Å². The maximum atomic E-state index is 11.4. The number of halogens is 1. The Morgan fingerprint density at radius 2 is 1.94 bits per heavy atom. The van der Waals surface area contributed by atoms with E-state index in [2.05, 4.69) is 5.32 Å². The van der Waals surface area contributed by atoms with Crippen LogP contribution in [0.25, 0.3) is 0 Å². The Morgan fingerprint density at radius 1 is 1.33 bits per heavy atom. The average Bonchev–Trinajstić information content (AvgIpc) is 2.29. The van der Waals surface area contributed by atoms with Crippen molar-refractivity contribution in [1.29, 1.82) is 0 Å². The maximum absolute atomic E-state index is 11.4. The van der Waals surface area contributed by atoms with Gasteiger partial charge >= 0.3 is 0 Å². The molecular formula is C12H16ClNO3S. The number of anilines is 1. The number of aryl methyl sites for hydroxylation is 2. The molecule has 0 spiro atoms. The van der Waals surface area contributed by atoms with Gasteiger partial charge in [-0.15, -0.1) is 0 Å². The second-order valence-electron chi connectivity index (χ2n) is 3.97. The Balaban J connectivity index is 3.33. The van der Waals surface area contributed by atoms with Crippen LogP contribution in [0.1, 0.15) is 31.4 Å². The van der Waals surface area contributed by atoms with E-state index in [-0.39, 0.29) is 10.8 Å². The first-order valence-electron chi connectivity index (χ1n) is 5.67. The maximum Gasteiger partial charge on any atom is 0.261 e. The van der Waals surface area contributed by atoms with Gasteiger partial charge in [0.05, 0.1) is 4.90 Å². The van der Waals surface area contributed by atoms with Crippen LogP contribution < -0.4 is 5.32 Å². The summed E-state index contributed by atoms with van der Waals surface area (Å²) in [5.41, 5.74) is 2.12. The van der Waals surface area contributed by atoms with Gasteiger partial charge in [-0.05, 0) is 36.6 Å². The summed E-state index contributed by atoms with van der Waals surface area (Å²) in [7, 11) is 1.58. The summed E-state index contributed by atoms with van der Waals surface area (Å²) >= 11 is 0. The third kappa shape index (κ3) is 3.46. The second-order valence-corrected chi connectivity index (χ2v) is 6.53. The van der Waals surface area contributed by atoms with E-state index in [9.17, 15) is 13.2 Å². The van der Waals surface area contributed by atoms with E-state index in [0.717, 1.165) is 5.56 Å². The molecule has 0 bridgehead atoms. The minimum Gasteiger partial charge on any atom is -0.326 e. The smallest absolute Gasteiger partial charge is 0.261 e. The van der Waals surface area contributed by atoms with Crippen molar-refractivity contribution in [2.24, 2.45) is 0 Å². The zero-order valence-corrected chi connectivity index (χ0v) is 12.2. The van der Waals surface area contributed by atoms with Crippen molar-refractivity contribution in [3.05, 3.63) is 23.3 Å². The van der Waals surface area contributed by atoms with Crippen LogP contribution in [0.3, 0.4) is 0 Å². The van der Waals surface area contributed by atoms with Gasteiger partial charge in [0.25, 0.3) is 9.05 Å². The van der Waals surface area contributed by atoms with Crippen LogP contribution in [-0.4, -0.2) is 14.3 Å². The molecule has 18 heavy (non-hydrogen) atoms. The van der Waals surface area contributed by atoms with E-state index < -0.39 is 9.05 Å². The number of carbonyl (C=O) groups is 1. The molecule has 100 valence electrons. The quantitative estimate of drug-likeness (QED) is 0.867. The van der Waals surface area contributed by atoms with Gasteiger partial charge in [0.2, 0.25) is 5.91 Å². The summed E-state index contributed by atoms with van der Waals surface area (Å²) < 4.78 is 22.6. The zero-order chi connectivity index (χ0) is 13.9. The van der Waals surface area contributed by atoms with Crippen LogP contribution in [0, 0.1) is 6.92 Å². The Bertz CT molecular complexity index is 567. The number of nitrogens with one attached hydrogen (secondary N) is 1. The van der Waals surface area contributed by atoms with E-state index in [4.69, 9.17) is 10.7 Å². The highest BCUT2D eigenvalue weighted by atomic mass is 35.7. The molecule has 1 aromatic carbocycles. The number of carbonyl (C=O) groups excluding carboxylic acids is 1. The Kier molecular flexibility index (Phi) is 4.76. The van der Waals surface area contributed by atoms with E-state index in [1.54, 1.807) is 13.8 Å². The molecule has 0 radical (unpaired) electrons. The normalized spacial score (nSPS) is 11.3. The molecule has 1 amide bonds. The molecular weight excluding hydrogens is 274 g/mol. The number of rotatable bonds is 4. The van der Waals surface area contributed by atoms with Crippen molar-refractivity contribution in [3.8, 4) is 0 Å². The molecule has 0 atom stereocenters. The van der Waals surface area contributed by atoms with Gasteiger partial charge in [-0.2, -0.15) is 0 Å². The fourth-order valence-electron chi connectivity index (χ4n) is 1.65. The summed E-state index contributed by atoms with van der Waals surface area (Å²) in [4.78, 5) is 11.5. The molecule has 0 aliphatic heterocycles. The molecule has 1 rings (SSSR count). The predicted molar refractivity (Wildman–Crippen MR) is 72.5 cm³/mol. The van der Waals surface area contributed by atoms with E-state index in [1.807, 2.05) is 6.92 Å². The number of benzene rings is 1. The van der Waals surface area contributed by atoms with Crippen molar-refractivity contribution < 1.29 is 13.2 Å². The number of hydrogen-bond donors (Lipinski definition) is 1. The standard InChI is InChI=1S/C12H16ClNO3S/c1-4-9-7-10(18(13,16)17)6-8(3)12(9)14-11(15)5-2/h6-7H,4-5H2,1-3H3,(H,14,15). The van der Waals surface area contributed by atoms with Crippen molar-refractivity contribution in [3.63, 3.8) is 0 Å². The molecule has 0 fully saturated rings. The van der Waals surface area contributed by atoms with Crippen molar-refractivity contribution in [2.45, 2.75) is 38.5 Å². The van der Waals surface area contributed by atoms with Gasteiger partial charge in [0, 0.05) is 22.8 Å². The number of amides is 1. The molecule has 1 N–H and O–H groups in total. The third-order valence-electron chi connectivity index (χ3n) is 2.64. The van der Waals surface area contributed by atoms with E-state index in [1.165, 1.54) is 12.1 Å². The van der Waals surface area contributed by atoms with Crippen molar-refractivity contribution >= 4 is 31.3 Å². The second kappa shape index (κ2) is 5.71. The summed E-state index contributed by atoms with van der Waals surface area (Å²) in [6.07, 6.45) is 0.985.